The van der Waals surface area contributed by atoms with Crippen LogP contribution in [0.3, 0.4) is 0 Å². The summed E-state index contributed by atoms with van der Waals surface area (Å²) >= 11 is 6.20. The van der Waals surface area contributed by atoms with E-state index in [1.54, 1.807) is 37.4 Å². The molecule has 0 unspecified atom stereocenters. The van der Waals surface area contributed by atoms with Crippen molar-refractivity contribution in [2.45, 2.75) is 26.7 Å². The lowest BCUT2D eigenvalue weighted by Crippen LogP contribution is -2.08. The normalized spacial score (nSPS) is 11.0. The van der Waals surface area contributed by atoms with Gasteiger partial charge in [-0.2, -0.15) is 19.9 Å². The van der Waals surface area contributed by atoms with Crippen LogP contribution in [0.5, 0.6) is 11.5 Å². The fourth-order valence-corrected chi connectivity index (χ4v) is 6.39. The Hall–Kier alpha value is -7.00. The molecule has 0 bridgehead atoms. The Bertz CT molecular complexity index is 2500. The molecule has 8 aromatic rings. The second-order valence-electron chi connectivity index (χ2n) is 12.3. The minimum atomic E-state index is -0.481. The molecule has 0 amide bonds. The number of hydrogen-bond acceptors (Lipinski definition) is 12. The number of fused-ring (bicyclic) bond motifs is 2. The van der Waals surface area contributed by atoms with Gasteiger partial charge in [-0.25, -0.2) is 14.4 Å². The molecule has 0 saturated heterocycles. The summed E-state index contributed by atoms with van der Waals surface area (Å²) in [6.45, 7) is 4.09. The van der Waals surface area contributed by atoms with Crippen LogP contribution in [-0.4, -0.2) is 53.3 Å². The molecule has 14 nitrogen and oxygen atoms in total. The molecule has 0 aliphatic heterocycles. The van der Waals surface area contributed by atoms with E-state index in [2.05, 4.69) is 42.5 Å². The zero-order valence-corrected chi connectivity index (χ0v) is 31.7. The molecule has 0 aliphatic rings. The van der Waals surface area contributed by atoms with Gasteiger partial charge in [-0.05, 0) is 54.6 Å². The van der Waals surface area contributed by atoms with Crippen LogP contribution in [0, 0.1) is 5.82 Å². The number of nitrogen functional groups attached to an aromatic ring is 2. The molecule has 4 aromatic heterocycles. The van der Waals surface area contributed by atoms with Crippen LogP contribution in [-0.2, 0) is 12.8 Å². The lowest BCUT2D eigenvalue weighted by atomic mass is 10.3. The first-order valence-corrected chi connectivity index (χ1v) is 18.0. The maximum atomic E-state index is 14.0. The highest BCUT2D eigenvalue weighted by Crippen LogP contribution is 2.30. The van der Waals surface area contributed by atoms with E-state index in [1.165, 1.54) is 19.2 Å². The quantitative estimate of drug-likeness (QED) is 0.105. The zero-order chi connectivity index (χ0) is 39.3. The Morgan fingerprint density at radius 1 is 0.607 bits per heavy atom. The van der Waals surface area contributed by atoms with Gasteiger partial charge >= 0.3 is 0 Å². The average molecular weight is 773 g/mol. The summed E-state index contributed by atoms with van der Waals surface area (Å²) in [5.41, 5.74) is 17.0. The summed E-state index contributed by atoms with van der Waals surface area (Å²) in [6, 6.07) is 29.1. The Labute approximate surface area is 326 Å². The van der Waals surface area contributed by atoms with Crippen LogP contribution in [0.1, 0.15) is 25.5 Å². The number of halogens is 2. The molecule has 6 N–H and O–H groups in total. The number of anilines is 6. The van der Waals surface area contributed by atoms with Crippen LogP contribution >= 0.6 is 11.6 Å². The van der Waals surface area contributed by atoms with E-state index in [-0.39, 0.29) is 11.7 Å². The van der Waals surface area contributed by atoms with Crippen molar-refractivity contribution in [3.8, 4) is 23.1 Å². The van der Waals surface area contributed by atoms with E-state index in [1.807, 2.05) is 70.7 Å². The number of benzene rings is 4. The molecule has 56 heavy (non-hydrogen) atoms. The third kappa shape index (κ3) is 7.79. The number of hydrogen-bond donors (Lipinski definition) is 4. The molecule has 16 heteroatoms. The van der Waals surface area contributed by atoms with Crippen molar-refractivity contribution in [1.82, 2.24) is 39.0 Å². The predicted octanol–water partition coefficient (Wildman–Crippen LogP) is 8.22. The number of para-hydroxylation sites is 4. The molecular weight excluding hydrogens is 735 g/mol. The fraction of sp³-hybridized carbons (Fsp3) is 0.150. The summed E-state index contributed by atoms with van der Waals surface area (Å²) in [5, 5.41) is 6.63. The zero-order valence-electron chi connectivity index (χ0n) is 31.0. The van der Waals surface area contributed by atoms with Crippen molar-refractivity contribution in [2.24, 2.45) is 0 Å². The van der Waals surface area contributed by atoms with Gasteiger partial charge in [0.1, 0.15) is 40.7 Å². The maximum absolute atomic E-state index is 14.0. The summed E-state index contributed by atoms with van der Waals surface area (Å²) in [5.74, 6) is 4.57. The smallest absolute Gasteiger partial charge is 0.231 e. The summed E-state index contributed by atoms with van der Waals surface area (Å²) in [6.07, 6.45) is 1.49. The Morgan fingerprint density at radius 2 is 1.07 bits per heavy atom. The molecule has 0 aliphatic carbocycles. The third-order valence-corrected chi connectivity index (χ3v) is 8.93. The van der Waals surface area contributed by atoms with Crippen LogP contribution in [0.4, 0.5) is 39.3 Å². The molecule has 4 heterocycles. The average Bonchev–Trinajstić information content (AvgIpc) is 3.76. The predicted molar refractivity (Wildman–Crippen MR) is 218 cm³/mol. The topological polar surface area (TPSA) is 182 Å². The van der Waals surface area contributed by atoms with Crippen molar-refractivity contribution < 1.29 is 13.9 Å². The van der Waals surface area contributed by atoms with Crippen LogP contribution in [0.25, 0.3) is 33.7 Å². The number of nitrogens with two attached hydrogens (primary N) is 2. The van der Waals surface area contributed by atoms with Gasteiger partial charge in [-0.15, -0.1) is 0 Å². The lowest BCUT2D eigenvalue weighted by Gasteiger charge is -2.12. The lowest BCUT2D eigenvalue weighted by molar-refractivity contribution is 0.386. The highest BCUT2D eigenvalue weighted by atomic mass is 35.5. The van der Waals surface area contributed by atoms with Crippen LogP contribution < -0.4 is 31.6 Å². The minimum absolute atomic E-state index is 0.164. The number of nitrogens with one attached hydrogen (secondary N) is 2. The van der Waals surface area contributed by atoms with Crippen molar-refractivity contribution in [3.05, 3.63) is 120 Å². The van der Waals surface area contributed by atoms with Gasteiger partial charge in [0.25, 0.3) is 0 Å². The first kappa shape index (κ1) is 37.3. The summed E-state index contributed by atoms with van der Waals surface area (Å²) in [4.78, 5) is 27.1. The van der Waals surface area contributed by atoms with E-state index >= 15 is 0 Å². The SMILES string of the molecule is CCc1nc2ccccc2n1-c1cc(N)nc(Nc2ccc(OC)c(Cl)c2)n1.CCc1nc2ccccc2n1-c1cc(N)nc(Nc2ccc(OC)c(F)c2)n1. The Morgan fingerprint density at radius 3 is 1.52 bits per heavy atom. The number of aryl methyl sites for hydroxylation is 2. The number of rotatable bonds is 10. The monoisotopic (exact) mass is 772 g/mol. The van der Waals surface area contributed by atoms with Gasteiger partial charge in [0.05, 0.1) is 41.3 Å². The van der Waals surface area contributed by atoms with Crippen molar-refractivity contribution in [2.75, 3.05) is 36.3 Å². The van der Waals surface area contributed by atoms with Gasteiger partial charge in [-0.1, -0.05) is 49.7 Å². The first-order chi connectivity index (χ1) is 27.2. The molecule has 0 atom stereocenters. The van der Waals surface area contributed by atoms with Gasteiger partial charge < -0.3 is 31.6 Å². The molecule has 284 valence electrons. The maximum Gasteiger partial charge on any atom is 0.231 e. The van der Waals surface area contributed by atoms with Gasteiger partial charge in [0, 0.05) is 42.4 Å². The van der Waals surface area contributed by atoms with E-state index in [0.717, 1.165) is 52.2 Å². The Balaban J connectivity index is 0.000000172. The second-order valence-corrected chi connectivity index (χ2v) is 12.7. The highest BCUT2D eigenvalue weighted by molar-refractivity contribution is 6.32. The molecule has 8 rings (SSSR count). The van der Waals surface area contributed by atoms with E-state index in [9.17, 15) is 4.39 Å². The third-order valence-electron chi connectivity index (χ3n) is 8.63. The summed E-state index contributed by atoms with van der Waals surface area (Å²) < 4.78 is 28.0. The number of ether oxygens (including phenoxy) is 2. The van der Waals surface area contributed by atoms with Gasteiger partial charge in [0.15, 0.2) is 11.6 Å². The number of imidazole rings is 2. The van der Waals surface area contributed by atoms with Crippen LogP contribution in [0.2, 0.25) is 5.02 Å². The minimum Gasteiger partial charge on any atom is -0.495 e. The van der Waals surface area contributed by atoms with E-state index in [0.29, 0.717) is 45.7 Å². The Kier molecular flexibility index (Phi) is 10.8. The summed E-state index contributed by atoms with van der Waals surface area (Å²) in [7, 11) is 2.99. The van der Waals surface area contributed by atoms with Crippen molar-refractivity contribution >= 4 is 68.6 Å². The van der Waals surface area contributed by atoms with E-state index < -0.39 is 5.82 Å². The fourth-order valence-electron chi connectivity index (χ4n) is 6.13. The van der Waals surface area contributed by atoms with Crippen molar-refractivity contribution in [3.63, 3.8) is 0 Å². The number of methoxy groups -OCH3 is 2. The standard InChI is InChI=1S/C20H19ClN6O.C20H19FN6O/c2*1-3-18-24-14-6-4-5-7-15(14)27(18)19-11-17(22)25-20(26-19)23-12-8-9-16(28-2)13(21)10-12/h2*4-11H,3H2,1-2H3,(H3,22,23,25,26). The molecule has 0 saturated carbocycles. The van der Waals surface area contributed by atoms with Crippen LogP contribution in [0.15, 0.2) is 97.1 Å². The van der Waals surface area contributed by atoms with Crippen molar-refractivity contribution in [1.29, 1.82) is 0 Å². The molecule has 0 fully saturated rings. The number of aromatic nitrogens is 8. The van der Waals surface area contributed by atoms with Gasteiger partial charge in [-0.3, -0.25) is 9.13 Å². The molecule has 0 radical (unpaired) electrons. The second kappa shape index (κ2) is 16.2. The highest BCUT2D eigenvalue weighted by Gasteiger charge is 2.16. The molecular formula is C40H38ClFN12O2. The van der Waals surface area contributed by atoms with E-state index in [4.69, 9.17) is 37.5 Å². The molecule has 4 aromatic carbocycles. The number of nitrogens with zero attached hydrogens (tertiary/aromatic N) is 8. The van der Waals surface area contributed by atoms with Gasteiger partial charge in [0.2, 0.25) is 11.9 Å². The largest absolute Gasteiger partial charge is 0.495 e. The molecule has 0 spiro atoms. The first-order valence-electron chi connectivity index (χ1n) is 17.6.